The number of nitrogens with one attached hydrogen (secondary N) is 2. The van der Waals surface area contributed by atoms with Gasteiger partial charge in [-0.1, -0.05) is 36.8 Å². The number of hydrogen-bond acceptors (Lipinski definition) is 3. The van der Waals surface area contributed by atoms with Crippen molar-refractivity contribution in [3.63, 3.8) is 0 Å². The van der Waals surface area contributed by atoms with E-state index in [0.29, 0.717) is 6.42 Å². The fourth-order valence-electron chi connectivity index (χ4n) is 2.10. The van der Waals surface area contributed by atoms with Crippen molar-refractivity contribution in [2.75, 3.05) is 18.8 Å². The van der Waals surface area contributed by atoms with Gasteiger partial charge in [0.2, 0.25) is 10.0 Å². The SMILES string of the molecule is CCCNCCCCS(=O)(=O)NC(C)c1ccc(C)cc1. The summed E-state index contributed by atoms with van der Waals surface area (Å²) in [4.78, 5) is 0. The van der Waals surface area contributed by atoms with Crippen LogP contribution in [0.15, 0.2) is 24.3 Å². The molecule has 0 amide bonds. The molecular formula is C16H28N2O2S. The molecule has 0 saturated heterocycles. The van der Waals surface area contributed by atoms with Crippen molar-refractivity contribution in [2.45, 2.75) is 46.1 Å². The predicted octanol–water partition coefficient (Wildman–Crippen LogP) is 2.76. The maximum atomic E-state index is 12.0. The van der Waals surface area contributed by atoms with Crippen LogP contribution in [0.1, 0.15) is 50.3 Å². The van der Waals surface area contributed by atoms with E-state index in [1.807, 2.05) is 38.1 Å². The van der Waals surface area contributed by atoms with Crippen molar-refractivity contribution < 1.29 is 8.42 Å². The quantitative estimate of drug-likeness (QED) is 0.653. The van der Waals surface area contributed by atoms with Gasteiger partial charge in [-0.05, 0) is 51.8 Å². The lowest BCUT2D eigenvalue weighted by Gasteiger charge is -2.15. The van der Waals surface area contributed by atoms with Gasteiger partial charge in [0.1, 0.15) is 0 Å². The van der Waals surface area contributed by atoms with Crippen LogP contribution < -0.4 is 10.0 Å². The molecule has 1 atom stereocenters. The van der Waals surface area contributed by atoms with E-state index >= 15 is 0 Å². The minimum absolute atomic E-state index is 0.186. The standard InChI is InChI=1S/C16H28N2O2S/c1-4-11-17-12-5-6-13-21(19,20)18-15(3)16-9-7-14(2)8-10-16/h7-10,15,17-18H,4-6,11-13H2,1-3H3. The number of unbranched alkanes of at least 4 members (excludes halogenated alkanes) is 1. The molecule has 1 aromatic carbocycles. The molecule has 0 saturated carbocycles. The lowest BCUT2D eigenvalue weighted by atomic mass is 10.1. The summed E-state index contributed by atoms with van der Waals surface area (Å²) in [7, 11) is -3.21. The van der Waals surface area contributed by atoms with E-state index in [0.717, 1.165) is 31.5 Å². The number of rotatable bonds is 10. The number of benzene rings is 1. The lowest BCUT2D eigenvalue weighted by molar-refractivity contribution is 0.559. The van der Waals surface area contributed by atoms with Crippen LogP contribution in [-0.4, -0.2) is 27.3 Å². The molecule has 0 bridgehead atoms. The van der Waals surface area contributed by atoms with Gasteiger partial charge in [0.05, 0.1) is 5.75 Å². The summed E-state index contributed by atoms with van der Waals surface area (Å²) < 4.78 is 26.8. The first-order valence-corrected chi connectivity index (χ1v) is 9.37. The van der Waals surface area contributed by atoms with Crippen LogP contribution >= 0.6 is 0 Å². The van der Waals surface area contributed by atoms with Crippen LogP contribution in [0.4, 0.5) is 0 Å². The Morgan fingerprint density at radius 2 is 1.76 bits per heavy atom. The molecule has 21 heavy (non-hydrogen) atoms. The van der Waals surface area contributed by atoms with Crippen molar-refractivity contribution in [2.24, 2.45) is 0 Å². The second-order valence-corrected chi connectivity index (χ2v) is 7.40. The molecule has 5 heteroatoms. The number of aryl methyl sites for hydroxylation is 1. The molecule has 1 unspecified atom stereocenters. The Morgan fingerprint density at radius 1 is 1.10 bits per heavy atom. The highest BCUT2D eigenvalue weighted by molar-refractivity contribution is 7.89. The van der Waals surface area contributed by atoms with E-state index < -0.39 is 10.0 Å². The average Bonchev–Trinajstić information content (AvgIpc) is 2.43. The van der Waals surface area contributed by atoms with Gasteiger partial charge >= 0.3 is 0 Å². The second kappa shape index (κ2) is 9.18. The van der Waals surface area contributed by atoms with Crippen molar-refractivity contribution in [3.05, 3.63) is 35.4 Å². The molecule has 0 fully saturated rings. The molecule has 0 aliphatic carbocycles. The highest BCUT2D eigenvalue weighted by Crippen LogP contribution is 2.14. The Balaban J connectivity index is 2.36. The van der Waals surface area contributed by atoms with Gasteiger partial charge in [-0.3, -0.25) is 0 Å². The summed E-state index contributed by atoms with van der Waals surface area (Å²) in [5, 5.41) is 3.28. The van der Waals surface area contributed by atoms with E-state index in [-0.39, 0.29) is 11.8 Å². The van der Waals surface area contributed by atoms with Gasteiger partial charge in [-0.15, -0.1) is 0 Å². The molecule has 120 valence electrons. The van der Waals surface area contributed by atoms with Gasteiger partial charge in [0.25, 0.3) is 0 Å². The Labute approximate surface area is 129 Å². The summed E-state index contributed by atoms with van der Waals surface area (Å²) in [6.07, 6.45) is 2.68. The fraction of sp³-hybridized carbons (Fsp3) is 0.625. The summed E-state index contributed by atoms with van der Waals surface area (Å²) in [6, 6.07) is 7.75. The zero-order valence-electron chi connectivity index (χ0n) is 13.4. The minimum Gasteiger partial charge on any atom is -0.317 e. The summed E-state index contributed by atoms with van der Waals surface area (Å²) in [5.74, 6) is 0.191. The minimum atomic E-state index is -3.21. The molecule has 0 radical (unpaired) electrons. The van der Waals surface area contributed by atoms with Crippen LogP contribution in [0.3, 0.4) is 0 Å². The number of hydrogen-bond donors (Lipinski definition) is 2. The molecular weight excluding hydrogens is 284 g/mol. The van der Waals surface area contributed by atoms with Crippen LogP contribution in [-0.2, 0) is 10.0 Å². The molecule has 0 spiro atoms. The highest BCUT2D eigenvalue weighted by Gasteiger charge is 2.15. The third kappa shape index (κ3) is 7.60. The summed E-state index contributed by atoms with van der Waals surface area (Å²) in [6.45, 7) is 7.90. The van der Waals surface area contributed by atoms with Crippen LogP contribution in [0.25, 0.3) is 0 Å². The maximum absolute atomic E-state index is 12.0. The van der Waals surface area contributed by atoms with E-state index in [1.54, 1.807) is 0 Å². The Morgan fingerprint density at radius 3 is 2.38 bits per heavy atom. The lowest BCUT2D eigenvalue weighted by Crippen LogP contribution is -2.29. The normalized spacial score (nSPS) is 13.3. The highest BCUT2D eigenvalue weighted by atomic mass is 32.2. The average molecular weight is 312 g/mol. The van der Waals surface area contributed by atoms with E-state index in [9.17, 15) is 8.42 Å². The van der Waals surface area contributed by atoms with E-state index in [4.69, 9.17) is 0 Å². The van der Waals surface area contributed by atoms with Crippen molar-refractivity contribution in [3.8, 4) is 0 Å². The fourth-order valence-corrected chi connectivity index (χ4v) is 3.47. The molecule has 4 nitrogen and oxygen atoms in total. The molecule has 0 aliphatic heterocycles. The summed E-state index contributed by atoms with van der Waals surface area (Å²) >= 11 is 0. The van der Waals surface area contributed by atoms with Gasteiger partial charge in [0, 0.05) is 6.04 Å². The van der Waals surface area contributed by atoms with Crippen molar-refractivity contribution in [1.29, 1.82) is 0 Å². The van der Waals surface area contributed by atoms with Crippen LogP contribution in [0.5, 0.6) is 0 Å². The Bertz CT molecular complexity index is 498. The van der Waals surface area contributed by atoms with E-state index in [2.05, 4.69) is 17.0 Å². The number of sulfonamides is 1. The van der Waals surface area contributed by atoms with Crippen molar-refractivity contribution in [1.82, 2.24) is 10.0 Å². The first kappa shape index (κ1) is 18.1. The monoisotopic (exact) mass is 312 g/mol. The van der Waals surface area contributed by atoms with Gasteiger partial charge < -0.3 is 5.32 Å². The largest absolute Gasteiger partial charge is 0.317 e. The molecule has 1 aromatic rings. The molecule has 0 aromatic heterocycles. The Kier molecular flexibility index (Phi) is 7.93. The topological polar surface area (TPSA) is 58.2 Å². The van der Waals surface area contributed by atoms with Gasteiger partial charge in [-0.25, -0.2) is 13.1 Å². The zero-order chi connectivity index (χ0) is 15.7. The first-order chi connectivity index (χ1) is 9.94. The molecule has 0 heterocycles. The van der Waals surface area contributed by atoms with Crippen LogP contribution in [0.2, 0.25) is 0 Å². The smallest absolute Gasteiger partial charge is 0.212 e. The Hall–Kier alpha value is -0.910. The molecule has 0 aliphatic rings. The van der Waals surface area contributed by atoms with Gasteiger partial charge in [0.15, 0.2) is 0 Å². The third-order valence-electron chi connectivity index (χ3n) is 3.38. The van der Waals surface area contributed by atoms with Crippen molar-refractivity contribution >= 4 is 10.0 Å². The van der Waals surface area contributed by atoms with Crippen LogP contribution in [0, 0.1) is 6.92 Å². The summed E-state index contributed by atoms with van der Waals surface area (Å²) in [5.41, 5.74) is 2.17. The van der Waals surface area contributed by atoms with E-state index in [1.165, 1.54) is 5.56 Å². The molecule has 2 N–H and O–H groups in total. The first-order valence-electron chi connectivity index (χ1n) is 7.72. The molecule has 1 rings (SSSR count). The predicted molar refractivity (Wildman–Crippen MR) is 88.9 cm³/mol. The maximum Gasteiger partial charge on any atom is 0.212 e. The van der Waals surface area contributed by atoms with Gasteiger partial charge in [-0.2, -0.15) is 0 Å². The zero-order valence-corrected chi connectivity index (χ0v) is 14.2. The third-order valence-corrected chi connectivity index (χ3v) is 4.92. The second-order valence-electron chi connectivity index (χ2n) is 5.53.